The summed E-state index contributed by atoms with van der Waals surface area (Å²) in [6, 6.07) is 5.80. The average molecular weight is 289 g/mol. The number of nitrogens with zero attached hydrogens (tertiary/aromatic N) is 2. The molecule has 1 aromatic heterocycles. The Morgan fingerprint density at radius 2 is 2.05 bits per heavy atom. The number of benzene rings is 1. The number of carbonyl (C=O) groups excluding carboxylic acids is 1. The number of hydrogen-bond donors (Lipinski definition) is 1. The van der Waals surface area contributed by atoms with E-state index in [1.807, 2.05) is 0 Å². The van der Waals surface area contributed by atoms with Crippen molar-refractivity contribution in [3.63, 3.8) is 0 Å². The number of halogens is 1. The average Bonchev–Trinajstić information content (AvgIpc) is 2.44. The molecule has 0 spiro atoms. The van der Waals surface area contributed by atoms with Crippen LogP contribution in [0.1, 0.15) is 15.9 Å². The zero-order chi connectivity index (χ0) is 15.6. The van der Waals surface area contributed by atoms with E-state index in [2.05, 4.69) is 4.98 Å². The third-order valence-corrected chi connectivity index (χ3v) is 2.92. The Hall–Kier alpha value is -2.63. The van der Waals surface area contributed by atoms with E-state index >= 15 is 0 Å². The lowest BCUT2D eigenvalue weighted by Crippen LogP contribution is -2.21. The molecule has 0 saturated heterocycles. The molecule has 5 nitrogen and oxygen atoms in total. The van der Waals surface area contributed by atoms with E-state index in [0.717, 1.165) is 0 Å². The molecule has 0 aliphatic rings. The summed E-state index contributed by atoms with van der Waals surface area (Å²) in [4.78, 5) is 17.2. The summed E-state index contributed by atoms with van der Waals surface area (Å²) in [7, 11) is 3.30. The van der Waals surface area contributed by atoms with Gasteiger partial charge in [-0.05, 0) is 24.6 Å². The molecular weight excluding hydrogens is 273 g/mol. The van der Waals surface area contributed by atoms with Gasteiger partial charge in [-0.3, -0.25) is 4.79 Å². The summed E-state index contributed by atoms with van der Waals surface area (Å²) in [5, 5.41) is 0. The zero-order valence-electron chi connectivity index (χ0n) is 12.1. The molecule has 110 valence electrons. The lowest BCUT2D eigenvalue weighted by molar-refractivity contribution is 0.0827. The largest absolute Gasteiger partial charge is 0.436 e. The number of aryl methyl sites for hydroxylation is 1. The van der Waals surface area contributed by atoms with Crippen LogP contribution in [0.2, 0.25) is 0 Å². The van der Waals surface area contributed by atoms with Crippen LogP contribution in [0.3, 0.4) is 0 Å². The molecule has 0 bridgehead atoms. The first-order valence-corrected chi connectivity index (χ1v) is 6.29. The minimum absolute atomic E-state index is 0.0425. The van der Waals surface area contributed by atoms with Crippen LogP contribution >= 0.6 is 0 Å². The smallest absolute Gasteiger partial charge is 0.254 e. The maximum atomic E-state index is 13.7. The van der Waals surface area contributed by atoms with Crippen molar-refractivity contribution >= 4 is 11.6 Å². The highest BCUT2D eigenvalue weighted by Crippen LogP contribution is 2.27. The van der Waals surface area contributed by atoms with E-state index in [9.17, 15) is 9.18 Å². The first-order chi connectivity index (χ1) is 9.88. The zero-order valence-corrected chi connectivity index (χ0v) is 12.1. The number of aromatic nitrogens is 1. The van der Waals surface area contributed by atoms with Crippen molar-refractivity contribution in [1.29, 1.82) is 0 Å². The van der Waals surface area contributed by atoms with Gasteiger partial charge < -0.3 is 15.4 Å². The van der Waals surface area contributed by atoms with Crippen molar-refractivity contribution < 1.29 is 13.9 Å². The highest BCUT2D eigenvalue weighted by Gasteiger charge is 2.11. The predicted molar refractivity (Wildman–Crippen MR) is 77.9 cm³/mol. The van der Waals surface area contributed by atoms with Gasteiger partial charge in [0.05, 0.1) is 5.56 Å². The van der Waals surface area contributed by atoms with Crippen LogP contribution in [0, 0.1) is 12.7 Å². The van der Waals surface area contributed by atoms with Crippen molar-refractivity contribution in [2.45, 2.75) is 6.92 Å². The van der Waals surface area contributed by atoms with Crippen LogP contribution in [0.15, 0.2) is 30.5 Å². The Morgan fingerprint density at radius 1 is 1.33 bits per heavy atom. The van der Waals surface area contributed by atoms with Gasteiger partial charge in [0.15, 0.2) is 11.6 Å². The predicted octanol–water partition coefficient (Wildman–Crippen LogP) is 2.61. The van der Waals surface area contributed by atoms with Crippen LogP contribution in [-0.4, -0.2) is 29.9 Å². The van der Waals surface area contributed by atoms with Gasteiger partial charge >= 0.3 is 0 Å². The van der Waals surface area contributed by atoms with Crippen LogP contribution < -0.4 is 10.5 Å². The summed E-state index contributed by atoms with van der Waals surface area (Å²) in [6.45, 7) is 1.76. The SMILES string of the molecule is Cc1cc(Oc2ccc(C(=O)N(C)C)cn2)c(F)cc1N. The topological polar surface area (TPSA) is 68.5 Å². The standard InChI is InChI=1S/C15H16FN3O2/c1-9-6-13(11(16)7-12(9)17)21-14-5-4-10(8-18-14)15(20)19(2)3/h4-8H,17H2,1-3H3. The fourth-order valence-corrected chi connectivity index (χ4v) is 1.69. The van der Waals surface area contributed by atoms with Gasteiger partial charge in [-0.2, -0.15) is 0 Å². The molecule has 0 radical (unpaired) electrons. The van der Waals surface area contributed by atoms with E-state index < -0.39 is 5.82 Å². The number of pyridine rings is 1. The lowest BCUT2D eigenvalue weighted by atomic mass is 10.2. The fourth-order valence-electron chi connectivity index (χ4n) is 1.69. The number of carbonyl (C=O) groups is 1. The Morgan fingerprint density at radius 3 is 2.62 bits per heavy atom. The molecule has 1 heterocycles. The minimum Gasteiger partial charge on any atom is -0.436 e. The van der Waals surface area contributed by atoms with E-state index in [4.69, 9.17) is 10.5 Å². The van der Waals surface area contributed by atoms with Gasteiger partial charge in [0.2, 0.25) is 5.88 Å². The molecule has 2 rings (SSSR count). The molecule has 0 atom stereocenters. The fraction of sp³-hybridized carbons (Fsp3) is 0.200. The second-order valence-electron chi connectivity index (χ2n) is 4.83. The van der Waals surface area contributed by atoms with Crippen LogP contribution in [0.25, 0.3) is 0 Å². The number of nitrogen functional groups attached to an aromatic ring is 1. The maximum Gasteiger partial charge on any atom is 0.254 e. The van der Waals surface area contributed by atoms with Crippen molar-refractivity contribution in [1.82, 2.24) is 9.88 Å². The van der Waals surface area contributed by atoms with Gasteiger partial charge in [-0.15, -0.1) is 0 Å². The van der Waals surface area contributed by atoms with E-state index in [-0.39, 0.29) is 17.5 Å². The number of hydrogen-bond acceptors (Lipinski definition) is 4. The molecular formula is C15H16FN3O2. The molecule has 1 amide bonds. The van der Waals surface area contributed by atoms with Crippen molar-refractivity contribution in [3.8, 4) is 11.6 Å². The van der Waals surface area contributed by atoms with Gasteiger partial charge in [0, 0.05) is 38.1 Å². The maximum absolute atomic E-state index is 13.7. The van der Waals surface area contributed by atoms with E-state index in [0.29, 0.717) is 16.8 Å². The van der Waals surface area contributed by atoms with Crippen molar-refractivity contribution in [2.75, 3.05) is 19.8 Å². The van der Waals surface area contributed by atoms with Gasteiger partial charge in [-0.1, -0.05) is 0 Å². The number of nitrogens with two attached hydrogens (primary N) is 1. The van der Waals surface area contributed by atoms with Crippen LogP contribution in [0.4, 0.5) is 10.1 Å². The van der Waals surface area contributed by atoms with Crippen molar-refractivity contribution in [2.24, 2.45) is 0 Å². The second kappa shape index (κ2) is 5.78. The first kappa shape index (κ1) is 14.8. The van der Waals surface area contributed by atoms with Crippen LogP contribution in [0.5, 0.6) is 11.6 Å². The number of amides is 1. The third kappa shape index (κ3) is 3.28. The Kier molecular flexibility index (Phi) is 4.07. The summed E-state index contributed by atoms with van der Waals surface area (Å²) in [6.07, 6.45) is 1.39. The van der Waals surface area contributed by atoms with E-state index in [1.54, 1.807) is 27.1 Å². The Bertz CT molecular complexity index is 669. The first-order valence-electron chi connectivity index (χ1n) is 6.29. The molecule has 2 N–H and O–H groups in total. The van der Waals surface area contributed by atoms with Crippen LogP contribution in [-0.2, 0) is 0 Å². The molecule has 6 heteroatoms. The number of rotatable bonds is 3. The highest BCUT2D eigenvalue weighted by atomic mass is 19.1. The molecule has 1 aromatic carbocycles. The minimum atomic E-state index is -0.562. The quantitative estimate of drug-likeness (QED) is 0.882. The Labute approximate surface area is 122 Å². The summed E-state index contributed by atoms with van der Waals surface area (Å²) < 4.78 is 19.1. The van der Waals surface area contributed by atoms with Gasteiger partial charge in [-0.25, -0.2) is 9.37 Å². The summed E-state index contributed by atoms with van der Waals surface area (Å²) in [5.41, 5.74) is 7.12. The molecule has 0 unspecified atom stereocenters. The van der Waals surface area contributed by atoms with Crippen molar-refractivity contribution in [3.05, 3.63) is 47.4 Å². The molecule has 2 aromatic rings. The second-order valence-corrected chi connectivity index (χ2v) is 4.83. The number of anilines is 1. The third-order valence-electron chi connectivity index (χ3n) is 2.92. The van der Waals surface area contributed by atoms with Gasteiger partial charge in [0.1, 0.15) is 0 Å². The molecule has 21 heavy (non-hydrogen) atoms. The summed E-state index contributed by atoms with van der Waals surface area (Å²) >= 11 is 0. The highest BCUT2D eigenvalue weighted by molar-refractivity contribution is 5.93. The Balaban J connectivity index is 2.21. The molecule has 0 aliphatic heterocycles. The van der Waals surface area contributed by atoms with E-state index in [1.165, 1.54) is 29.3 Å². The molecule has 0 aliphatic carbocycles. The summed E-state index contributed by atoms with van der Waals surface area (Å²) in [5.74, 6) is -0.480. The molecule has 0 saturated carbocycles. The van der Waals surface area contributed by atoms with Gasteiger partial charge in [0.25, 0.3) is 5.91 Å². The number of ether oxygens (including phenoxy) is 1. The molecule has 0 fully saturated rings. The lowest BCUT2D eigenvalue weighted by Gasteiger charge is -2.11. The monoisotopic (exact) mass is 289 g/mol. The normalized spacial score (nSPS) is 10.3.